The number of ether oxygens (including phenoxy) is 3. The van der Waals surface area contributed by atoms with Crippen LogP contribution in [-0.2, 0) is 4.79 Å². The molecule has 0 aliphatic carbocycles. The Morgan fingerprint density at radius 2 is 1.83 bits per heavy atom. The van der Waals surface area contributed by atoms with Gasteiger partial charge in [0.25, 0.3) is 0 Å². The molecule has 1 heterocycles. The van der Waals surface area contributed by atoms with Crippen LogP contribution in [0.25, 0.3) is 5.57 Å². The maximum Gasteiger partial charge on any atom is 0.387 e. The lowest BCUT2D eigenvalue weighted by molar-refractivity contribution is -0.111. The number of hydrogen-bond donors (Lipinski definition) is 2. The Labute approximate surface area is 162 Å². The molecular weight excluding hydrogens is 396 g/mol. The first-order chi connectivity index (χ1) is 13.8. The van der Waals surface area contributed by atoms with Gasteiger partial charge in [0, 0.05) is 18.1 Å². The third kappa shape index (κ3) is 4.89. The highest BCUT2D eigenvalue weighted by Gasteiger charge is 2.27. The van der Waals surface area contributed by atoms with Gasteiger partial charge >= 0.3 is 13.2 Å². The highest BCUT2D eigenvalue weighted by molar-refractivity contribution is 6.06. The van der Waals surface area contributed by atoms with Gasteiger partial charge in [0.2, 0.25) is 11.7 Å². The second kappa shape index (κ2) is 8.72. The number of benzene rings is 2. The van der Waals surface area contributed by atoms with Gasteiger partial charge in [-0.15, -0.1) is 0 Å². The number of alkyl halides is 4. The number of nitrogens with one attached hydrogen (secondary N) is 1. The van der Waals surface area contributed by atoms with Gasteiger partial charge in [0.15, 0.2) is 11.5 Å². The van der Waals surface area contributed by atoms with Gasteiger partial charge in [-0.25, -0.2) is 0 Å². The Kier molecular flexibility index (Phi) is 6.10. The molecule has 0 spiro atoms. The van der Waals surface area contributed by atoms with Crippen molar-refractivity contribution in [3.8, 4) is 17.2 Å². The van der Waals surface area contributed by atoms with Gasteiger partial charge < -0.3 is 25.3 Å². The molecule has 1 aliphatic rings. The summed E-state index contributed by atoms with van der Waals surface area (Å²) in [6.07, 6.45) is 1.54. The number of anilines is 2. The summed E-state index contributed by atoms with van der Waals surface area (Å²) in [4.78, 5) is 12.4. The number of fused-ring (bicyclic) bond motifs is 1. The van der Waals surface area contributed by atoms with Gasteiger partial charge in [-0.05, 0) is 29.8 Å². The number of para-hydroxylation sites is 2. The van der Waals surface area contributed by atoms with Crippen molar-refractivity contribution in [1.29, 1.82) is 0 Å². The van der Waals surface area contributed by atoms with E-state index in [0.717, 1.165) is 6.07 Å². The number of carbonyl (C=O) groups excluding carboxylic acids is 1. The lowest BCUT2D eigenvalue weighted by Crippen LogP contribution is -2.15. The third-order valence-electron chi connectivity index (χ3n) is 3.99. The monoisotopic (exact) mass is 412 g/mol. The van der Waals surface area contributed by atoms with E-state index in [1.165, 1.54) is 12.1 Å². The van der Waals surface area contributed by atoms with Crippen molar-refractivity contribution in [3.63, 3.8) is 0 Å². The standard InChI is InChI=1S/C19H16F4N2O4/c20-18(21)28-14-6-5-11-10(7-8-27-16(11)17(14)29-19(22)23)9-15(26)25-13-4-2-1-3-12(13)24/h1-6,9,18-19H,7-8,24H2,(H,25,26)/b10-9+. The summed E-state index contributed by atoms with van der Waals surface area (Å²) >= 11 is 0. The van der Waals surface area contributed by atoms with Crippen molar-refractivity contribution in [1.82, 2.24) is 0 Å². The Hall–Kier alpha value is -3.43. The van der Waals surface area contributed by atoms with Gasteiger partial charge in [0.05, 0.1) is 18.0 Å². The van der Waals surface area contributed by atoms with Crippen LogP contribution in [-0.4, -0.2) is 25.7 Å². The van der Waals surface area contributed by atoms with E-state index in [0.29, 0.717) is 16.9 Å². The van der Waals surface area contributed by atoms with Gasteiger partial charge in [-0.2, -0.15) is 17.6 Å². The van der Waals surface area contributed by atoms with E-state index in [-0.39, 0.29) is 24.3 Å². The number of carbonyl (C=O) groups is 1. The van der Waals surface area contributed by atoms with Crippen molar-refractivity contribution in [2.24, 2.45) is 0 Å². The topological polar surface area (TPSA) is 82.8 Å². The first-order valence-corrected chi connectivity index (χ1v) is 8.41. The molecule has 6 nitrogen and oxygen atoms in total. The first kappa shape index (κ1) is 20.3. The fourth-order valence-electron chi connectivity index (χ4n) is 2.82. The lowest BCUT2D eigenvalue weighted by atomic mass is 9.98. The summed E-state index contributed by atoms with van der Waals surface area (Å²) in [5, 5.41) is 2.62. The molecule has 0 saturated heterocycles. The Morgan fingerprint density at radius 1 is 1.10 bits per heavy atom. The molecule has 29 heavy (non-hydrogen) atoms. The summed E-state index contributed by atoms with van der Waals surface area (Å²) in [5.74, 6) is -1.96. The molecule has 2 aromatic rings. The van der Waals surface area contributed by atoms with Crippen LogP contribution in [0.4, 0.5) is 28.9 Å². The maximum absolute atomic E-state index is 12.8. The smallest absolute Gasteiger partial charge is 0.387 e. The number of rotatable bonds is 6. The normalized spacial score (nSPS) is 14.5. The molecule has 10 heteroatoms. The quantitative estimate of drug-likeness (QED) is 0.421. The molecule has 2 aromatic carbocycles. The van der Waals surface area contributed by atoms with Crippen LogP contribution in [0.5, 0.6) is 17.2 Å². The molecule has 0 saturated carbocycles. The number of hydrogen-bond acceptors (Lipinski definition) is 5. The summed E-state index contributed by atoms with van der Waals surface area (Å²) in [7, 11) is 0. The molecule has 1 amide bonds. The zero-order valence-corrected chi connectivity index (χ0v) is 14.8. The minimum Gasteiger partial charge on any atom is -0.489 e. The number of nitrogens with two attached hydrogens (primary N) is 1. The molecular formula is C19H16F4N2O4. The highest BCUT2D eigenvalue weighted by atomic mass is 19.3. The molecule has 0 bridgehead atoms. The molecule has 0 fully saturated rings. The summed E-state index contributed by atoms with van der Waals surface area (Å²) in [5.41, 5.74) is 7.26. The van der Waals surface area contributed by atoms with Gasteiger partial charge in [-0.3, -0.25) is 4.79 Å². The van der Waals surface area contributed by atoms with Crippen molar-refractivity contribution in [2.45, 2.75) is 19.6 Å². The fourth-order valence-corrected chi connectivity index (χ4v) is 2.82. The predicted molar refractivity (Wildman–Crippen MR) is 97.3 cm³/mol. The largest absolute Gasteiger partial charge is 0.489 e. The van der Waals surface area contributed by atoms with Crippen molar-refractivity contribution in [2.75, 3.05) is 17.7 Å². The lowest BCUT2D eigenvalue weighted by Gasteiger charge is -2.24. The van der Waals surface area contributed by atoms with Gasteiger partial charge in [-0.1, -0.05) is 12.1 Å². The molecule has 3 N–H and O–H groups in total. The van der Waals surface area contributed by atoms with Gasteiger partial charge in [0.1, 0.15) is 0 Å². The number of amides is 1. The summed E-state index contributed by atoms with van der Waals surface area (Å²) in [6.45, 7) is -6.50. The van der Waals surface area contributed by atoms with Crippen LogP contribution in [0.1, 0.15) is 12.0 Å². The van der Waals surface area contributed by atoms with E-state index in [2.05, 4.69) is 14.8 Å². The second-order valence-electron chi connectivity index (χ2n) is 5.87. The Balaban J connectivity index is 1.94. The molecule has 0 atom stereocenters. The van der Waals surface area contributed by atoms with Crippen molar-refractivity contribution in [3.05, 3.63) is 48.0 Å². The van der Waals surface area contributed by atoms with E-state index in [1.807, 2.05) is 0 Å². The minimum absolute atomic E-state index is 0.0251. The first-order valence-electron chi connectivity index (χ1n) is 8.41. The molecule has 1 aliphatic heterocycles. The second-order valence-corrected chi connectivity index (χ2v) is 5.87. The van der Waals surface area contributed by atoms with Crippen LogP contribution >= 0.6 is 0 Å². The van der Waals surface area contributed by atoms with Crippen LogP contribution in [0, 0.1) is 0 Å². The van der Waals surface area contributed by atoms with Crippen LogP contribution in [0.3, 0.4) is 0 Å². The van der Waals surface area contributed by atoms with Crippen molar-refractivity contribution < 1.29 is 36.6 Å². The molecule has 0 unspecified atom stereocenters. The maximum atomic E-state index is 12.8. The van der Waals surface area contributed by atoms with E-state index < -0.39 is 30.6 Å². The van der Waals surface area contributed by atoms with Crippen LogP contribution in [0.2, 0.25) is 0 Å². The average Bonchev–Trinajstić information content (AvgIpc) is 2.65. The Morgan fingerprint density at radius 3 is 2.52 bits per heavy atom. The molecule has 3 rings (SSSR count). The zero-order valence-electron chi connectivity index (χ0n) is 14.8. The van der Waals surface area contributed by atoms with E-state index in [9.17, 15) is 22.4 Å². The molecule has 0 aromatic heterocycles. The summed E-state index contributed by atoms with van der Waals surface area (Å²) < 4.78 is 64.7. The van der Waals surface area contributed by atoms with Crippen molar-refractivity contribution >= 4 is 22.9 Å². The summed E-state index contributed by atoms with van der Waals surface area (Å²) in [6, 6.07) is 9.03. The highest BCUT2D eigenvalue weighted by Crippen LogP contribution is 2.46. The van der Waals surface area contributed by atoms with E-state index in [4.69, 9.17) is 10.5 Å². The fraction of sp³-hybridized carbons (Fsp3) is 0.211. The predicted octanol–water partition coefficient (Wildman–Crippen LogP) is 4.28. The number of nitrogen functional groups attached to an aromatic ring is 1. The number of halogens is 4. The molecule has 0 radical (unpaired) electrons. The third-order valence-corrected chi connectivity index (χ3v) is 3.99. The van der Waals surface area contributed by atoms with Crippen LogP contribution in [0.15, 0.2) is 42.5 Å². The van der Waals surface area contributed by atoms with Crippen LogP contribution < -0.4 is 25.3 Å². The Bertz CT molecular complexity index is 934. The minimum atomic E-state index is -3.29. The molecule has 154 valence electrons. The van der Waals surface area contributed by atoms with E-state index in [1.54, 1.807) is 24.3 Å². The average molecular weight is 412 g/mol. The SMILES string of the molecule is Nc1ccccc1NC(=O)/C=C1\CCOc2c1ccc(OC(F)F)c2OC(F)F. The van der Waals surface area contributed by atoms with E-state index >= 15 is 0 Å². The zero-order chi connectivity index (χ0) is 21.0.